The molecule has 1 aliphatic heterocycles. The van der Waals surface area contributed by atoms with Gasteiger partial charge in [-0.05, 0) is 0 Å². The lowest BCUT2D eigenvalue weighted by Crippen LogP contribution is -2.46. The van der Waals surface area contributed by atoms with Crippen molar-refractivity contribution in [3.05, 3.63) is 0 Å². The summed E-state index contributed by atoms with van der Waals surface area (Å²) in [6.45, 7) is 2.88. The molecule has 0 saturated carbocycles. The first-order chi connectivity index (χ1) is 6.85. The van der Waals surface area contributed by atoms with Gasteiger partial charge in [-0.25, -0.2) is 0 Å². The van der Waals surface area contributed by atoms with Gasteiger partial charge < -0.3 is 14.2 Å². The third kappa shape index (κ3) is 2.68. The Balaban J connectivity index is 2.71. The van der Waals surface area contributed by atoms with Crippen molar-refractivity contribution in [2.75, 3.05) is 7.11 Å². The monoisotopic (exact) mass is 216 g/mol. The second kappa shape index (κ2) is 3.88. The number of hydrogen-bond acceptors (Lipinski definition) is 6. The number of esters is 3. The molecule has 1 saturated heterocycles. The maximum Gasteiger partial charge on any atom is 0.324 e. The van der Waals surface area contributed by atoms with E-state index in [1.165, 1.54) is 21.0 Å². The van der Waals surface area contributed by atoms with E-state index in [0.29, 0.717) is 0 Å². The van der Waals surface area contributed by atoms with Crippen LogP contribution in [0.4, 0.5) is 0 Å². The fraction of sp³-hybridized carbons (Fsp3) is 0.667. The van der Waals surface area contributed by atoms with Crippen LogP contribution in [0.5, 0.6) is 0 Å². The molecule has 0 aromatic rings. The van der Waals surface area contributed by atoms with E-state index in [-0.39, 0.29) is 6.42 Å². The molecule has 15 heavy (non-hydrogen) atoms. The summed E-state index contributed by atoms with van der Waals surface area (Å²) in [5, 5.41) is 0. The number of methoxy groups -OCH3 is 1. The lowest BCUT2D eigenvalue weighted by molar-refractivity contribution is -0.240. The van der Waals surface area contributed by atoms with Crippen LogP contribution >= 0.6 is 0 Å². The molecule has 0 aliphatic carbocycles. The first-order valence-corrected chi connectivity index (χ1v) is 4.38. The summed E-state index contributed by atoms with van der Waals surface area (Å²) in [6.07, 6.45) is -0.357. The van der Waals surface area contributed by atoms with E-state index in [1.54, 1.807) is 0 Å². The normalized spacial score (nSPS) is 20.5. The van der Waals surface area contributed by atoms with E-state index >= 15 is 0 Å². The summed E-state index contributed by atoms with van der Waals surface area (Å²) in [4.78, 5) is 33.6. The van der Waals surface area contributed by atoms with Gasteiger partial charge in [0.25, 0.3) is 5.79 Å². The van der Waals surface area contributed by atoms with Crippen molar-refractivity contribution in [3.8, 4) is 0 Å². The average Bonchev–Trinajstić information content (AvgIpc) is 2.09. The highest BCUT2D eigenvalue weighted by Crippen LogP contribution is 2.24. The number of rotatable bonds is 2. The van der Waals surface area contributed by atoms with Gasteiger partial charge in [-0.2, -0.15) is 0 Å². The van der Waals surface area contributed by atoms with Gasteiger partial charge >= 0.3 is 17.9 Å². The minimum absolute atomic E-state index is 0.357. The van der Waals surface area contributed by atoms with Gasteiger partial charge in [0.05, 0.1) is 13.5 Å². The van der Waals surface area contributed by atoms with E-state index in [9.17, 15) is 14.4 Å². The van der Waals surface area contributed by atoms with Crippen molar-refractivity contribution in [1.82, 2.24) is 0 Å². The Labute approximate surface area is 86.5 Å². The smallest absolute Gasteiger partial charge is 0.324 e. The van der Waals surface area contributed by atoms with Crippen LogP contribution in [0.25, 0.3) is 0 Å². The Hall–Kier alpha value is -1.59. The Morgan fingerprint density at radius 2 is 1.80 bits per heavy atom. The molecular formula is C9H12O6. The van der Waals surface area contributed by atoms with Crippen molar-refractivity contribution in [2.45, 2.75) is 26.1 Å². The zero-order valence-corrected chi connectivity index (χ0v) is 8.73. The molecular weight excluding hydrogens is 204 g/mol. The third-order valence-corrected chi connectivity index (χ3v) is 1.86. The highest BCUT2D eigenvalue weighted by atomic mass is 16.7. The summed E-state index contributed by atoms with van der Waals surface area (Å²) in [5.41, 5.74) is 0. The van der Waals surface area contributed by atoms with Crippen molar-refractivity contribution < 1.29 is 28.6 Å². The van der Waals surface area contributed by atoms with Crippen LogP contribution < -0.4 is 0 Å². The molecule has 0 amide bonds. The van der Waals surface area contributed by atoms with Crippen LogP contribution in [-0.4, -0.2) is 30.8 Å². The molecule has 1 aliphatic rings. The van der Waals surface area contributed by atoms with Crippen molar-refractivity contribution in [2.24, 2.45) is 5.92 Å². The summed E-state index contributed by atoms with van der Waals surface area (Å²) in [6, 6.07) is 0. The predicted molar refractivity (Wildman–Crippen MR) is 46.4 cm³/mol. The molecule has 0 spiro atoms. The molecule has 0 aromatic carbocycles. The highest BCUT2D eigenvalue weighted by molar-refractivity contribution is 5.99. The molecule has 6 nitrogen and oxygen atoms in total. The van der Waals surface area contributed by atoms with Gasteiger partial charge in [-0.15, -0.1) is 0 Å². The number of cyclic esters (lactones) is 2. The van der Waals surface area contributed by atoms with Gasteiger partial charge in [0, 0.05) is 13.8 Å². The Morgan fingerprint density at radius 3 is 2.20 bits per heavy atom. The molecule has 84 valence electrons. The van der Waals surface area contributed by atoms with Gasteiger partial charge in [0.1, 0.15) is 0 Å². The summed E-state index contributed by atoms with van der Waals surface area (Å²) >= 11 is 0. The molecule has 0 N–H and O–H groups in total. The Kier molecular flexibility index (Phi) is 2.97. The first-order valence-electron chi connectivity index (χ1n) is 4.38. The van der Waals surface area contributed by atoms with Gasteiger partial charge in [0.15, 0.2) is 5.92 Å². The van der Waals surface area contributed by atoms with Gasteiger partial charge in [0.2, 0.25) is 0 Å². The molecule has 1 heterocycles. The molecule has 0 radical (unpaired) electrons. The zero-order chi connectivity index (χ0) is 11.6. The topological polar surface area (TPSA) is 78.9 Å². The largest absolute Gasteiger partial charge is 0.469 e. The standard InChI is InChI=1S/C9H12O6/c1-9(2)14-7(11)5(8(12)15-9)4-6(10)13-3/h5H,4H2,1-3H3. The highest BCUT2D eigenvalue weighted by Gasteiger charge is 2.44. The molecule has 0 atom stereocenters. The fourth-order valence-electron chi connectivity index (χ4n) is 1.16. The maximum atomic E-state index is 11.3. The minimum atomic E-state index is -1.26. The lowest BCUT2D eigenvalue weighted by atomic mass is 10.0. The third-order valence-electron chi connectivity index (χ3n) is 1.86. The van der Waals surface area contributed by atoms with E-state index in [4.69, 9.17) is 9.47 Å². The minimum Gasteiger partial charge on any atom is -0.469 e. The number of carbonyl (C=O) groups excluding carboxylic acids is 3. The van der Waals surface area contributed by atoms with Crippen LogP contribution in [0, 0.1) is 5.92 Å². The van der Waals surface area contributed by atoms with Crippen LogP contribution in [0.2, 0.25) is 0 Å². The quantitative estimate of drug-likeness (QED) is 0.477. The molecule has 0 aromatic heterocycles. The second-order valence-electron chi connectivity index (χ2n) is 3.57. The summed E-state index contributed by atoms with van der Waals surface area (Å²) in [7, 11) is 1.17. The van der Waals surface area contributed by atoms with E-state index in [1.807, 2.05) is 0 Å². The lowest BCUT2D eigenvalue weighted by Gasteiger charge is -2.32. The van der Waals surface area contributed by atoms with Crippen molar-refractivity contribution in [1.29, 1.82) is 0 Å². The van der Waals surface area contributed by atoms with Crippen molar-refractivity contribution >= 4 is 17.9 Å². The Bertz CT molecular complexity index is 286. The predicted octanol–water partition coefficient (Wildman–Crippen LogP) is 0.00180. The van der Waals surface area contributed by atoms with Crippen LogP contribution in [0.15, 0.2) is 0 Å². The number of ether oxygens (including phenoxy) is 3. The molecule has 6 heteroatoms. The summed E-state index contributed by atoms with van der Waals surface area (Å²) in [5.74, 6) is -4.66. The SMILES string of the molecule is COC(=O)CC1C(=O)OC(C)(C)OC1=O. The average molecular weight is 216 g/mol. The van der Waals surface area contributed by atoms with E-state index < -0.39 is 29.6 Å². The number of carbonyl (C=O) groups is 3. The van der Waals surface area contributed by atoms with Gasteiger partial charge in [-0.1, -0.05) is 0 Å². The van der Waals surface area contributed by atoms with Crippen LogP contribution in [0.3, 0.4) is 0 Å². The molecule has 1 rings (SSSR count). The zero-order valence-electron chi connectivity index (χ0n) is 8.73. The Morgan fingerprint density at radius 1 is 1.33 bits per heavy atom. The first kappa shape index (κ1) is 11.5. The number of hydrogen-bond donors (Lipinski definition) is 0. The second-order valence-corrected chi connectivity index (χ2v) is 3.57. The summed E-state index contributed by atoms with van der Waals surface area (Å²) < 4.78 is 14.0. The molecule has 0 unspecified atom stereocenters. The maximum absolute atomic E-state index is 11.3. The van der Waals surface area contributed by atoms with Crippen LogP contribution in [0.1, 0.15) is 20.3 Å². The fourth-order valence-corrected chi connectivity index (χ4v) is 1.16. The van der Waals surface area contributed by atoms with E-state index in [2.05, 4.69) is 4.74 Å². The van der Waals surface area contributed by atoms with Crippen molar-refractivity contribution in [3.63, 3.8) is 0 Å². The van der Waals surface area contributed by atoms with Gasteiger partial charge in [-0.3, -0.25) is 14.4 Å². The molecule has 1 fully saturated rings. The van der Waals surface area contributed by atoms with E-state index in [0.717, 1.165) is 0 Å². The molecule has 0 bridgehead atoms. The van der Waals surface area contributed by atoms with Crippen LogP contribution in [-0.2, 0) is 28.6 Å².